The fraction of sp³-hybridized carbons (Fsp3) is 0.400. The lowest BCUT2D eigenvalue weighted by Crippen LogP contribution is -2.71. The van der Waals surface area contributed by atoms with Crippen molar-refractivity contribution in [2.24, 2.45) is 10.9 Å². The molecule has 1 aromatic heterocycles. The Morgan fingerprint density at radius 2 is 2.06 bits per heavy atom. The van der Waals surface area contributed by atoms with Crippen LogP contribution < -0.4 is 11.1 Å². The molecule has 2 atom stereocenters. The summed E-state index contributed by atoms with van der Waals surface area (Å²) in [4.78, 5) is 66.3. The Morgan fingerprint density at radius 3 is 2.60 bits per heavy atom. The van der Waals surface area contributed by atoms with Crippen molar-refractivity contribution in [3.05, 3.63) is 35.4 Å². The molecule has 5 N–H and O–H groups in total. The number of nitrogens with two attached hydrogens (primary N) is 1. The molecular weight excluding hydrogens is 488 g/mol. The Labute approximate surface area is 201 Å². The third-order valence-electron chi connectivity index (χ3n) is 5.76. The number of furan rings is 1. The van der Waals surface area contributed by atoms with Gasteiger partial charge in [0.2, 0.25) is 11.3 Å². The van der Waals surface area contributed by atoms with Crippen LogP contribution in [0.1, 0.15) is 25.0 Å². The molecule has 1 saturated carbocycles. The zero-order chi connectivity index (χ0) is 25.3. The second-order valence-electron chi connectivity index (χ2n) is 7.89. The number of carboxylic acid groups (broad SMARTS) is 2. The van der Waals surface area contributed by atoms with E-state index in [9.17, 15) is 34.2 Å². The standard InChI is InChI=1S/C20H20N4O10S/c21-19(31)33-7-9-8-35-16-12(15(26)24(16)13(9)17(27)28)22-14(25)11(10-3-1-6-32-10)23-34-20(18(29)30)4-2-5-20/h1,3,6,12,16H,2,4-5,7-8H2,(H2,21,31)(H,22,25)(H,27,28)(H,29,30)/b23-11-/t12-,16-/m1/s1. The fourth-order valence-electron chi connectivity index (χ4n) is 3.75. The van der Waals surface area contributed by atoms with Crippen molar-refractivity contribution in [3.63, 3.8) is 0 Å². The van der Waals surface area contributed by atoms with Crippen LogP contribution in [0.25, 0.3) is 0 Å². The number of ether oxygens (including phenoxy) is 1. The van der Waals surface area contributed by atoms with Crippen molar-refractivity contribution in [1.29, 1.82) is 0 Å². The summed E-state index contributed by atoms with van der Waals surface area (Å²) in [7, 11) is 0. The topological polar surface area (TPSA) is 211 Å². The third-order valence-corrected chi connectivity index (χ3v) is 7.10. The van der Waals surface area contributed by atoms with Gasteiger partial charge in [0.1, 0.15) is 23.7 Å². The smallest absolute Gasteiger partial charge is 0.404 e. The number of fused-ring (bicyclic) bond motifs is 1. The molecule has 15 heteroatoms. The number of carbonyl (C=O) groups is 5. The van der Waals surface area contributed by atoms with Crippen LogP contribution in [-0.2, 0) is 28.8 Å². The van der Waals surface area contributed by atoms with Crippen molar-refractivity contribution >= 4 is 47.3 Å². The lowest BCUT2D eigenvalue weighted by molar-refractivity contribution is -0.178. The van der Waals surface area contributed by atoms with Crippen molar-refractivity contribution in [2.75, 3.05) is 12.4 Å². The maximum Gasteiger partial charge on any atom is 0.404 e. The summed E-state index contributed by atoms with van der Waals surface area (Å²) in [5.74, 6) is -4.09. The van der Waals surface area contributed by atoms with Crippen molar-refractivity contribution in [1.82, 2.24) is 10.2 Å². The van der Waals surface area contributed by atoms with Crippen LogP contribution in [-0.4, -0.2) is 80.0 Å². The molecule has 2 fully saturated rings. The summed E-state index contributed by atoms with van der Waals surface area (Å²) in [5.41, 5.74) is 2.86. The molecule has 0 aromatic carbocycles. The van der Waals surface area contributed by atoms with Crippen LogP contribution in [0.15, 0.2) is 39.2 Å². The zero-order valence-corrected chi connectivity index (χ0v) is 18.8. The van der Waals surface area contributed by atoms with Crippen LogP contribution in [0.2, 0.25) is 0 Å². The van der Waals surface area contributed by atoms with Crippen molar-refractivity contribution in [2.45, 2.75) is 36.3 Å². The maximum absolute atomic E-state index is 13.0. The summed E-state index contributed by atoms with van der Waals surface area (Å²) in [5, 5.41) is 24.5. The second-order valence-corrected chi connectivity index (χ2v) is 8.99. The Bertz CT molecular complexity index is 1140. The van der Waals surface area contributed by atoms with E-state index in [-0.39, 0.29) is 41.3 Å². The highest BCUT2D eigenvalue weighted by Gasteiger charge is 2.55. The average Bonchev–Trinajstić information content (AvgIpc) is 3.30. The number of nitrogens with one attached hydrogen (secondary N) is 1. The van der Waals surface area contributed by atoms with Gasteiger partial charge in [0.25, 0.3) is 11.8 Å². The number of thioether (sulfide) groups is 1. The molecule has 0 unspecified atom stereocenters. The molecule has 35 heavy (non-hydrogen) atoms. The minimum atomic E-state index is -1.54. The minimum Gasteiger partial charge on any atom is -0.478 e. The van der Waals surface area contributed by atoms with Crippen LogP contribution in [0.3, 0.4) is 0 Å². The molecule has 0 bridgehead atoms. The Morgan fingerprint density at radius 1 is 1.31 bits per heavy atom. The number of aliphatic carboxylic acids is 2. The highest BCUT2D eigenvalue weighted by atomic mass is 32.2. The number of hydrogen-bond donors (Lipinski definition) is 4. The third kappa shape index (κ3) is 4.41. The van der Waals surface area contributed by atoms with Gasteiger partial charge >= 0.3 is 18.0 Å². The molecule has 0 radical (unpaired) electrons. The van der Waals surface area contributed by atoms with E-state index in [1.54, 1.807) is 0 Å². The number of rotatable bonds is 9. The number of carboxylic acids is 2. The number of hydrogen-bond acceptors (Lipinski definition) is 10. The van der Waals surface area contributed by atoms with Crippen LogP contribution in [0.4, 0.5) is 4.79 Å². The normalized spacial score (nSPS) is 22.9. The number of amides is 3. The number of primary amides is 1. The Kier molecular flexibility index (Phi) is 6.43. The number of β-lactam (4-membered cyclic amide) rings is 1. The lowest BCUT2D eigenvalue weighted by Gasteiger charge is -2.49. The van der Waals surface area contributed by atoms with Crippen LogP contribution in [0, 0.1) is 0 Å². The van der Waals surface area contributed by atoms with Crippen molar-refractivity contribution < 1.29 is 48.2 Å². The SMILES string of the molecule is NC(=O)OCC1=C(C(=O)O)N2C(=O)[C@@H](NC(=O)/C(=N\OC3(C(=O)O)CCC3)c3ccco3)[C@H]2SC1. The van der Waals surface area contributed by atoms with Gasteiger partial charge in [-0.1, -0.05) is 5.16 Å². The molecule has 3 heterocycles. The van der Waals surface area contributed by atoms with E-state index in [4.69, 9.17) is 15.0 Å². The Hall–Kier alpha value is -4.01. The molecule has 1 aliphatic carbocycles. The quantitative estimate of drug-likeness (QED) is 0.195. The van der Waals surface area contributed by atoms with Crippen LogP contribution in [0.5, 0.6) is 0 Å². The molecule has 1 saturated heterocycles. The van der Waals surface area contributed by atoms with Gasteiger partial charge in [-0.15, -0.1) is 11.8 Å². The predicted octanol–water partition coefficient (Wildman–Crippen LogP) is -0.158. The number of oxime groups is 1. The summed E-state index contributed by atoms with van der Waals surface area (Å²) < 4.78 is 9.88. The number of carbonyl (C=O) groups excluding carboxylic acids is 3. The van der Waals surface area contributed by atoms with Gasteiger partial charge in [0.15, 0.2) is 5.76 Å². The summed E-state index contributed by atoms with van der Waals surface area (Å²) in [6.07, 6.45) is 1.26. The highest BCUT2D eigenvalue weighted by Crippen LogP contribution is 2.40. The first kappa shape index (κ1) is 24.1. The molecule has 186 valence electrons. The minimum absolute atomic E-state index is 0.0145. The molecular formula is C20H20N4O10S. The fourth-order valence-corrected chi connectivity index (χ4v) is 5.08. The van der Waals surface area contributed by atoms with E-state index in [0.717, 1.165) is 16.7 Å². The molecule has 4 rings (SSSR count). The van der Waals surface area contributed by atoms with Gasteiger partial charge in [-0.25, -0.2) is 14.4 Å². The lowest BCUT2D eigenvalue weighted by atomic mass is 9.80. The molecule has 3 amide bonds. The van der Waals surface area contributed by atoms with E-state index < -0.39 is 53.5 Å². The van der Waals surface area contributed by atoms with E-state index in [1.165, 1.54) is 18.4 Å². The van der Waals surface area contributed by atoms with E-state index >= 15 is 0 Å². The monoisotopic (exact) mass is 508 g/mol. The first-order valence-electron chi connectivity index (χ1n) is 10.3. The average molecular weight is 508 g/mol. The molecule has 0 spiro atoms. The highest BCUT2D eigenvalue weighted by molar-refractivity contribution is 8.00. The summed E-state index contributed by atoms with van der Waals surface area (Å²) in [6.45, 7) is -0.393. The van der Waals surface area contributed by atoms with E-state index in [1.807, 2.05) is 0 Å². The molecule has 14 nitrogen and oxygen atoms in total. The van der Waals surface area contributed by atoms with E-state index in [2.05, 4.69) is 15.2 Å². The summed E-state index contributed by atoms with van der Waals surface area (Å²) in [6, 6.07) is 1.80. The van der Waals surface area contributed by atoms with Gasteiger partial charge in [0, 0.05) is 24.2 Å². The van der Waals surface area contributed by atoms with Gasteiger partial charge < -0.3 is 35.3 Å². The first-order chi connectivity index (χ1) is 16.6. The van der Waals surface area contributed by atoms with Gasteiger partial charge in [-0.3, -0.25) is 14.5 Å². The molecule has 1 aromatic rings. The predicted molar refractivity (Wildman–Crippen MR) is 116 cm³/mol. The van der Waals surface area contributed by atoms with Gasteiger partial charge in [0.05, 0.1) is 6.26 Å². The summed E-state index contributed by atoms with van der Waals surface area (Å²) >= 11 is 1.16. The van der Waals surface area contributed by atoms with Crippen LogP contribution >= 0.6 is 11.8 Å². The first-order valence-corrected chi connectivity index (χ1v) is 11.4. The van der Waals surface area contributed by atoms with Crippen molar-refractivity contribution in [3.8, 4) is 0 Å². The van der Waals surface area contributed by atoms with Gasteiger partial charge in [-0.05, 0) is 18.6 Å². The van der Waals surface area contributed by atoms with Gasteiger partial charge in [-0.2, -0.15) is 0 Å². The largest absolute Gasteiger partial charge is 0.478 e. The zero-order valence-electron chi connectivity index (χ0n) is 18.0. The molecule has 3 aliphatic rings. The number of nitrogens with zero attached hydrogens (tertiary/aromatic N) is 2. The molecule has 2 aliphatic heterocycles. The Balaban J connectivity index is 1.52. The maximum atomic E-state index is 13.0. The second kappa shape index (κ2) is 9.32. The van der Waals surface area contributed by atoms with E-state index in [0.29, 0.717) is 6.42 Å².